The topological polar surface area (TPSA) is 70.0 Å². The van der Waals surface area contributed by atoms with Gasteiger partial charge < -0.3 is 14.9 Å². The van der Waals surface area contributed by atoms with Crippen molar-refractivity contribution in [2.75, 3.05) is 19.8 Å². The molecule has 116 valence electrons. The molecule has 3 unspecified atom stereocenters. The molecule has 0 aromatic heterocycles. The molecule has 0 saturated carbocycles. The second-order valence-electron chi connectivity index (χ2n) is 5.26. The Balaban J connectivity index is 2.28. The first-order valence-electron chi connectivity index (χ1n) is 7.00. The van der Waals surface area contributed by atoms with E-state index in [0.717, 1.165) is 0 Å². The van der Waals surface area contributed by atoms with E-state index in [0.29, 0.717) is 18.7 Å². The van der Waals surface area contributed by atoms with E-state index < -0.39 is 17.7 Å². The Morgan fingerprint density at radius 2 is 2.24 bits per heavy atom. The maximum absolute atomic E-state index is 13.4. The van der Waals surface area contributed by atoms with Crippen LogP contribution in [0.3, 0.4) is 0 Å². The van der Waals surface area contributed by atoms with E-state index in [9.17, 15) is 19.4 Å². The number of phenols is 1. The highest BCUT2D eigenvalue weighted by Crippen LogP contribution is 2.33. The van der Waals surface area contributed by atoms with Crippen LogP contribution in [0.2, 0.25) is 0 Å². The molecule has 2 rings (SSSR count). The van der Waals surface area contributed by atoms with Crippen LogP contribution < -0.4 is 0 Å². The molecule has 1 aromatic rings. The fourth-order valence-corrected chi connectivity index (χ4v) is 2.94. The van der Waals surface area contributed by atoms with Crippen molar-refractivity contribution in [3.63, 3.8) is 0 Å². The lowest BCUT2D eigenvalue weighted by Gasteiger charge is -2.35. The highest BCUT2D eigenvalue weighted by molar-refractivity contribution is 5.71. The van der Waals surface area contributed by atoms with E-state index in [-0.39, 0.29) is 24.4 Å². The highest BCUT2D eigenvalue weighted by Gasteiger charge is 2.39. The van der Waals surface area contributed by atoms with E-state index >= 15 is 0 Å². The number of carboxylic acid groups (broad SMARTS) is 1. The number of halogens is 1. The number of aliphatic carboxylic acids is 1. The van der Waals surface area contributed by atoms with E-state index in [1.807, 2.05) is 18.7 Å². The molecular weight excluding hydrogens is 277 g/mol. The molecular formula is C15H20FNO4. The molecule has 1 saturated heterocycles. The van der Waals surface area contributed by atoms with Crippen molar-refractivity contribution in [2.45, 2.75) is 25.9 Å². The Morgan fingerprint density at radius 1 is 1.52 bits per heavy atom. The van der Waals surface area contributed by atoms with E-state index in [4.69, 9.17) is 4.74 Å². The molecule has 0 amide bonds. The zero-order chi connectivity index (χ0) is 15.6. The van der Waals surface area contributed by atoms with Gasteiger partial charge in [0.15, 0.2) is 0 Å². The second-order valence-corrected chi connectivity index (χ2v) is 5.26. The number of phenolic OH excluding ortho intramolecular Hbond substituents is 1. The number of rotatable bonds is 5. The van der Waals surface area contributed by atoms with Crippen LogP contribution in [0.1, 0.15) is 25.5 Å². The molecule has 3 atom stereocenters. The molecule has 5 nitrogen and oxygen atoms in total. The number of carboxylic acids is 1. The van der Waals surface area contributed by atoms with Crippen molar-refractivity contribution in [3.05, 3.63) is 29.6 Å². The molecule has 21 heavy (non-hydrogen) atoms. The van der Waals surface area contributed by atoms with E-state index in [1.165, 1.54) is 18.2 Å². The summed E-state index contributed by atoms with van der Waals surface area (Å²) < 4.78 is 18.7. The third kappa shape index (κ3) is 3.16. The highest BCUT2D eigenvalue weighted by atomic mass is 19.1. The van der Waals surface area contributed by atoms with Gasteiger partial charge >= 0.3 is 5.97 Å². The largest absolute Gasteiger partial charge is 0.508 e. The molecule has 1 aliphatic rings. The number of aromatic hydroxyl groups is 1. The van der Waals surface area contributed by atoms with Crippen LogP contribution in [0.4, 0.5) is 4.39 Å². The summed E-state index contributed by atoms with van der Waals surface area (Å²) in [4.78, 5) is 13.2. The third-order valence-electron chi connectivity index (χ3n) is 4.10. The molecule has 1 aliphatic heterocycles. The SMILES string of the molecule is CCN(C(C)c1cc(F)ccc1O)C1COCC1C(=O)O. The molecule has 1 fully saturated rings. The summed E-state index contributed by atoms with van der Waals surface area (Å²) in [5.74, 6) is -1.92. The lowest BCUT2D eigenvalue weighted by molar-refractivity contribution is -0.143. The van der Waals surface area contributed by atoms with Crippen molar-refractivity contribution >= 4 is 5.97 Å². The minimum atomic E-state index is -0.897. The molecule has 0 bridgehead atoms. The van der Waals surface area contributed by atoms with Gasteiger partial charge in [0.2, 0.25) is 0 Å². The minimum Gasteiger partial charge on any atom is -0.508 e. The maximum Gasteiger partial charge on any atom is 0.310 e. The number of carbonyl (C=O) groups is 1. The monoisotopic (exact) mass is 297 g/mol. The average Bonchev–Trinajstić information content (AvgIpc) is 2.91. The van der Waals surface area contributed by atoms with Crippen LogP contribution in [0.25, 0.3) is 0 Å². The van der Waals surface area contributed by atoms with Gasteiger partial charge in [0.1, 0.15) is 11.6 Å². The minimum absolute atomic E-state index is 0.00754. The van der Waals surface area contributed by atoms with Crippen molar-refractivity contribution in [2.24, 2.45) is 5.92 Å². The Kier molecular flexibility index (Phi) is 4.80. The first-order chi connectivity index (χ1) is 9.95. The molecule has 0 aliphatic carbocycles. The van der Waals surface area contributed by atoms with Gasteiger partial charge in [-0.1, -0.05) is 6.92 Å². The van der Waals surface area contributed by atoms with Crippen LogP contribution in [0.15, 0.2) is 18.2 Å². The lowest BCUT2D eigenvalue weighted by atomic mass is 9.97. The van der Waals surface area contributed by atoms with Crippen LogP contribution in [0.5, 0.6) is 5.75 Å². The van der Waals surface area contributed by atoms with Crippen LogP contribution in [-0.2, 0) is 9.53 Å². The number of benzene rings is 1. The molecule has 1 heterocycles. The van der Waals surface area contributed by atoms with Crippen molar-refractivity contribution in [3.8, 4) is 5.75 Å². The van der Waals surface area contributed by atoms with Gasteiger partial charge in [0.25, 0.3) is 0 Å². The van der Waals surface area contributed by atoms with Gasteiger partial charge in [-0.3, -0.25) is 9.69 Å². The number of nitrogens with zero attached hydrogens (tertiary/aromatic N) is 1. The summed E-state index contributed by atoms with van der Waals surface area (Å²) in [5, 5.41) is 19.2. The first-order valence-corrected chi connectivity index (χ1v) is 7.00. The summed E-state index contributed by atoms with van der Waals surface area (Å²) in [5.41, 5.74) is 0.452. The fraction of sp³-hybridized carbons (Fsp3) is 0.533. The summed E-state index contributed by atoms with van der Waals surface area (Å²) in [6.07, 6.45) is 0. The lowest BCUT2D eigenvalue weighted by Crippen LogP contribution is -2.44. The van der Waals surface area contributed by atoms with Gasteiger partial charge in [-0.2, -0.15) is 0 Å². The Bertz CT molecular complexity index is 522. The van der Waals surface area contributed by atoms with Gasteiger partial charge in [-0.25, -0.2) is 4.39 Å². The molecule has 2 N–H and O–H groups in total. The summed E-state index contributed by atoms with van der Waals surface area (Å²) >= 11 is 0. The van der Waals surface area contributed by atoms with Gasteiger partial charge in [-0.15, -0.1) is 0 Å². The molecule has 0 spiro atoms. The first kappa shape index (κ1) is 15.7. The van der Waals surface area contributed by atoms with Crippen LogP contribution in [-0.4, -0.2) is 46.9 Å². The van der Waals surface area contributed by atoms with Gasteiger partial charge in [0, 0.05) is 17.6 Å². The Hall–Kier alpha value is -1.66. The smallest absolute Gasteiger partial charge is 0.310 e. The van der Waals surface area contributed by atoms with E-state index in [1.54, 1.807) is 0 Å². The second kappa shape index (κ2) is 6.41. The summed E-state index contributed by atoms with van der Waals surface area (Å²) in [7, 11) is 0. The Morgan fingerprint density at radius 3 is 2.86 bits per heavy atom. The standard InChI is InChI=1S/C15H20FNO4/c1-3-17(13-8-21-7-12(13)15(19)20)9(2)11-6-10(16)4-5-14(11)18/h4-6,9,12-13,18H,3,7-8H2,1-2H3,(H,19,20). The van der Waals surface area contributed by atoms with Crippen LogP contribution >= 0.6 is 0 Å². The number of likely N-dealkylation sites (N-methyl/N-ethyl adjacent to an activating group) is 1. The third-order valence-corrected chi connectivity index (χ3v) is 4.10. The fourth-order valence-electron chi connectivity index (χ4n) is 2.94. The zero-order valence-electron chi connectivity index (χ0n) is 12.1. The summed E-state index contributed by atoms with van der Waals surface area (Å²) in [6.45, 7) is 4.82. The van der Waals surface area contributed by atoms with Gasteiger partial charge in [0.05, 0.1) is 19.1 Å². The van der Waals surface area contributed by atoms with E-state index in [2.05, 4.69) is 0 Å². The van der Waals surface area contributed by atoms with Crippen molar-refractivity contribution in [1.29, 1.82) is 0 Å². The number of hydrogen-bond acceptors (Lipinski definition) is 4. The molecule has 0 radical (unpaired) electrons. The maximum atomic E-state index is 13.4. The predicted molar refractivity (Wildman–Crippen MR) is 74.6 cm³/mol. The molecule has 1 aromatic carbocycles. The normalized spacial score (nSPS) is 23.4. The zero-order valence-corrected chi connectivity index (χ0v) is 12.1. The quantitative estimate of drug-likeness (QED) is 0.870. The van der Waals surface area contributed by atoms with Crippen molar-refractivity contribution < 1.29 is 24.1 Å². The van der Waals surface area contributed by atoms with Gasteiger partial charge in [-0.05, 0) is 31.7 Å². The summed E-state index contributed by atoms with van der Waals surface area (Å²) in [6, 6.07) is 3.20. The van der Waals surface area contributed by atoms with Crippen LogP contribution in [0, 0.1) is 11.7 Å². The Labute approximate surface area is 122 Å². The predicted octanol–water partition coefficient (Wildman–Crippen LogP) is 2.01. The molecule has 6 heteroatoms. The van der Waals surface area contributed by atoms with Crippen molar-refractivity contribution in [1.82, 2.24) is 4.90 Å². The number of ether oxygens (including phenoxy) is 1. The average molecular weight is 297 g/mol. The number of hydrogen-bond donors (Lipinski definition) is 2.